The lowest BCUT2D eigenvalue weighted by Crippen LogP contribution is -2.28. The Morgan fingerprint density at radius 2 is 0.945 bits per heavy atom. The van der Waals surface area contributed by atoms with E-state index in [1.165, 1.54) is 31.2 Å². The first-order chi connectivity index (χ1) is 34.8. The summed E-state index contributed by atoms with van der Waals surface area (Å²) in [5, 5.41) is 106. The molecule has 14 nitrogen and oxygen atoms in total. The molecule has 398 valence electrons. The minimum absolute atomic E-state index is 0.0245. The molecule has 10 atom stereocenters. The summed E-state index contributed by atoms with van der Waals surface area (Å²) in [4.78, 5) is 27.0. The fourth-order valence-electron chi connectivity index (χ4n) is 7.98. The Balaban J connectivity index is 1.83. The van der Waals surface area contributed by atoms with E-state index in [-0.39, 0.29) is 86.8 Å². The van der Waals surface area contributed by atoms with E-state index in [0.717, 1.165) is 11.1 Å². The van der Waals surface area contributed by atoms with Crippen molar-refractivity contribution in [1.29, 1.82) is 0 Å². The molecule has 14 heteroatoms. The summed E-state index contributed by atoms with van der Waals surface area (Å²) in [5.74, 6) is -2.27. The second kappa shape index (κ2) is 33.7. The predicted octanol–water partition coefficient (Wildman–Crippen LogP) is 8.34. The van der Waals surface area contributed by atoms with Gasteiger partial charge in [0.05, 0.1) is 48.8 Å². The summed E-state index contributed by atoms with van der Waals surface area (Å²) < 4.78 is 11.5. The number of aromatic hydroxyl groups is 2. The van der Waals surface area contributed by atoms with Gasteiger partial charge < -0.3 is 60.5 Å². The van der Waals surface area contributed by atoms with Crippen molar-refractivity contribution in [3.63, 3.8) is 0 Å². The maximum Gasteiger partial charge on any atom is 0.342 e. The number of benzene rings is 2. The molecule has 73 heavy (non-hydrogen) atoms. The van der Waals surface area contributed by atoms with Crippen LogP contribution >= 0.6 is 0 Å². The normalized spacial score (nSPS) is 25.5. The summed E-state index contributed by atoms with van der Waals surface area (Å²) in [6.07, 6.45) is 22.4. The third kappa shape index (κ3) is 25.0. The molecule has 3 rings (SSSR count). The molecule has 0 amide bonds. The Morgan fingerprint density at radius 1 is 0.548 bits per heavy atom. The summed E-state index contributed by atoms with van der Waals surface area (Å²) in [6.45, 7) is 7.00. The zero-order chi connectivity index (χ0) is 53.7. The Bertz CT molecular complexity index is 2310. The maximum absolute atomic E-state index is 13.5. The van der Waals surface area contributed by atoms with Gasteiger partial charge in [0, 0.05) is 38.5 Å². The number of fused-ring (bicyclic) bond motifs is 2. The number of hydrogen-bond acceptors (Lipinski definition) is 14. The topological polar surface area (TPSA) is 255 Å². The second-order valence-corrected chi connectivity index (χ2v) is 18.6. The van der Waals surface area contributed by atoms with E-state index >= 15 is 0 Å². The van der Waals surface area contributed by atoms with Gasteiger partial charge in [-0.3, -0.25) is 0 Å². The molecule has 0 spiro atoms. The van der Waals surface area contributed by atoms with Crippen molar-refractivity contribution >= 4 is 24.1 Å². The van der Waals surface area contributed by atoms with Gasteiger partial charge in [0.2, 0.25) is 0 Å². The molecule has 0 unspecified atom stereocenters. The van der Waals surface area contributed by atoms with Crippen molar-refractivity contribution in [3.8, 4) is 11.5 Å². The fourth-order valence-corrected chi connectivity index (χ4v) is 7.98. The van der Waals surface area contributed by atoms with Gasteiger partial charge in [-0.2, -0.15) is 0 Å². The predicted molar refractivity (Wildman–Crippen MR) is 285 cm³/mol. The standard InChI is InChI=1S/C59H78O14/c1-5-45(61)37-53-39-49(65)29-19-27-47(63)36-51(67)33-41(3)20-12-8-6-10-14-22-43-24-16-30-54(68)56(43)58(70)72-52(34-42(4)60)38-48(64)28-18-26-46(62)35-50(66)32-40(2)21-13-9-7-11-15-23-44-25-17-31-55(69)57(44)59(71)73-53/h6-27,30-31,42,45-53,60-69H,5,28-29,32-39H2,1-4H3/t42-,45-,46-,47-,48+,49+,50+,51+,52+,53+/m1/s1. The molecule has 0 saturated carbocycles. The Labute approximate surface area is 430 Å². The van der Waals surface area contributed by atoms with Gasteiger partial charge in [0.25, 0.3) is 0 Å². The van der Waals surface area contributed by atoms with Crippen LogP contribution in [0.25, 0.3) is 12.2 Å². The van der Waals surface area contributed by atoms with E-state index in [0.29, 0.717) is 17.5 Å². The average Bonchev–Trinajstić information content (AvgIpc) is 3.30. The van der Waals surface area contributed by atoms with Crippen LogP contribution in [-0.4, -0.2) is 124 Å². The van der Waals surface area contributed by atoms with E-state index in [9.17, 15) is 60.7 Å². The lowest BCUT2D eigenvalue weighted by atomic mass is 10.0. The largest absolute Gasteiger partial charge is 0.507 e. The number of aliphatic hydroxyl groups is 8. The first-order valence-electron chi connectivity index (χ1n) is 25.0. The van der Waals surface area contributed by atoms with E-state index in [4.69, 9.17) is 9.47 Å². The van der Waals surface area contributed by atoms with Crippen molar-refractivity contribution in [1.82, 2.24) is 0 Å². The smallest absolute Gasteiger partial charge is 0.342 e. The molecule has 10 N–H and O–H groups in total. The van der Waals surface area contributed by atoms with Gasteiger partial charge in [-0.25, -0.2) is 9.59 Å². The lowest BCUT2D eigenvalue weighted by Gasteiger charge is -2.23. The van der Waals surface area contributed by atoms with Crippen LogP contribution in [0.4, 0.5) is 0 Å². The molecule has 0 aromatic heterocycles. The molecule has 1 aliphatic rings. The highest BCUT2D eigenvalue weighted by Gasteiger charge is 2.26. The van der Waals surface area contributed by atoms with Crippen molar-refractivity contribution in [2.75, 3.05) is 0 Å². The highest BCUT2D eigenvalue weighted by atomic mass is 16.6. The van der Waals surface area contributed by atoms with Gasteiger partial charge in [0.1, 0.15) is 34.8 Å². The third-order valence-corrected chi connectivity index (χ3v) is 11.7. The zero-order valence-electron chi connectivity index (χ0n) is 42.5. The number of phenols is 2. The minimum Gasteiger partial charge on any atom is -0.507 e. The molecule has 2 aromatic rings. The van der Waals surface area contributed by atoms with Crippen LogP contribution in [0.5, 0.6) is 11.5 Å². The monoisotopic (exact) mass is 1010 g/mol. The molecule has 0 fully saturated rings. The van der Waals surface area contributed by atoms with Crippen molar-refractivity contribution in [2.24, 2.45) is 0 Å². The number of esters is 2. The number of carbonyl (C=O) groups excluding carboxylic acids is 2. The number of aliphatic hydroxyl groups excluding tert-OH is 8. The maximum atomic E-state index is 13.5. The Hall–Kier alpha value is -5.94. The van der Waals surface area contributed by atoms with Crippen LogP contribution in [0.2, 0.25) is 0 Å². The second-order valence-electron chi connectivity index (χ2n) is 18.6. The number of rotatable bonds is 5. The van der Waals surface area contributed by atoms with Gasteiger partial charge in [-0.1, -0.05) is 152 Å². The van der Waals surface area contributed by atoms with E-state index in [1.807, 2.05) is 26.0 Å². The summed E-state index contributed by atoms with van der Waals surface area (Å²) in [5.41, 5.74) is 2.28. The number of allylic oxidation sites excluding steroid dienone is 12. The Morgan fingerprint density at radius 3 is 1.36 bits per heavy atom. The lowest BCUT2D eigenvalue weighted by molar-refractivity contribution is -0.00345. The minimum atomic E-state index is -1.01. The van der Waals surface area contributed by atoms with E-state index in [2.05, 4.69) is 0 Å². The van der Waals surface area contributed by atoms with E-state index in [1.54, 1.807) is 116 Å². The molecule has 0 radical (unpaired) electrons. The van der Waals surface area contributed by atoms with Crippen molar-refractivity contribution in [2.45, 2.75) is 159 Å². The van der Waals surface area contributed by atoms with Crippen molar-refractivity contribution in [3.05, 3.63) is 167 Å². The van der Waals surface area contributed by atoms with Gasteiger partial charge >= 0.3 is 11.9 Å². The van der Waals surface area contributed by atoms with Crippen LogP contribution in [0.1, 0.15) is 130 Å². The first kappa shape index (κ1) is 61.4. The van der Waals surface area contributed by atoms with Crippen molar-refractivity contribution < 1.29 is 70.1 Å². The van der Waals surface area contributed by atoms with Crippen LogP contribution in [0.3, 0.4) is 0 Å². The quantitative estimate of drug-likeness (QED) is 0.0999. The van der Waals surface area contributed by atoms with Crippen LogP contribution in [0, 0.1) is 0 Å². The molecular formula is C59H78O14. The van der Waals surface area contributed by atoms with Gasteiger partial charge in [-0.15, -0.1) is 0 Å². The fraction of sp³-hybridized carbons (Fsp3) is 0.424. The van der Waals surface area contributed by atoms with Crippen LogP contribution in [0.15, 0.2) is 145 Å². The summed E-state index contributed by atoms with van der Waals surface area (Å²) >= 11 is 0. The first-order valence-corrected chi connectivity index (χ1v) is 25.0. The molecule has 1 aliphatic heterocycles. The summed E-state index contributed by atoms with van der Waals surface area (Å²) in [6, 6.07) is 9.16. The molecule has 0 saturated heterocycles. The molecule has 0 bridgehead atoms. The highest BCUT2D eigenvalue weighted by molar-refractivity contribution is 5.97. The Kier molecular flexibility index (Phi) is 28.3. The zero-order valence-corrected chi connectivity index (χ0v) is 42.5. The van der Waals surface area contributed by atoms with Crippen LogP contribution in [-0.2, 0) is 9.47 Å². The average molecular weight is 1010 g/mol. The van der Waals surface area contributed by atoms with E-state index < -0.39 is 73.0 Å². The van der Waals surface area contributed by atoms with Gasteiger partial charge in [0.15, 0.2) is 0 Å². The summed E-state index contributed by atoms with van der Waals surface area (Å²) in [7, 11) is 0. The highest BCUT2D eigenvalue weighted by Crippen LogP contribution is 2.28. The molecule has 0 aliphatic carbocycles. The number of ether oxygens (including phenoxy) is 2. The van der Waals surface area contributed by atoms with Crippen LogP contribution < -0.4 is 0 Å². The number of carbonyl (C=O) groups is 2. The molecule has 2 aromatic carbocycles. The SMILES string of the molecule is CC[C@@H](O)C[C@H]1C[C@@H](O)CC=C[C@@H](O)C[C@@H](O)CC(C)=CC=CC=CC=Cc2cccc(O)c2C(=O)O[C@@H](C[C@@H](C)O)C[C@@H](O)CC=C[C@@H](O)C[C@@H](O)CC(C)=CC=CC=CC=Cc2cccc(O)c2C(=O)O1. The molecule has 1 heterocycles. The van der Waals surface area contributed by atoms with Gasteiger partial charge in [-0.05, 0) is 76.1 Å². The number of phenolic OH excluding ortho intramolecular Hbond substituents is 2. The number of cyclic esters (lactones) is 2. The number of hydrogen-bond donors (Lipinski definition) is 10. The molecular weight excluding hydrogens is 933 g/mol. The third-order valence-electron chi connectivity index (χ3n) is 11.7.